The first kappa shape index (κ1) is 14.8. The van der Waals surface area contributed by atoms with E-state index in [9.17, 15) is 4.79 Å². The van der Waals surface area contributed by atoms with Gasteiger partial charge in [-0.25, -0.2) is 0 Å². The fourth-order valence-electron chi connectivity index (χ4n) is 2.56. The standard InChI is InChI=1S/C13H25NO2S/c1-9-5-4-6-11(7-9)17-10(2)8-13(3,14)12(15)16/h9-11H,4-8,14H2,1-3H3,(H,15,16). The summed E-state index contributed by atoms with van der Waals surface area (Å²) >= 11 is 1.93. The second-order valence-corrected chi connectivity index (χ2v) is 7.51. The van der Waals surface area contributed by atoms with Gasteiger partial charge in [-0.3, -0.25) is 4.79 Å². The van der Waals surface area contributed by atoms with Gasteiger partial charge in [0.2, 0.25) is 0 Å². The first-order valence-corrected chi connectivity index (χ1v) is 7.43. The zero-order valence-corrected chi connectivity index (χ0v) is 11.9. The molecule has 0 aromatic rings. The summed E-state index contributed by atoms with van der Waals surface area (Å²) in [7, 11) is 0. The number of hydrogen-bond donors (Lipinski definition) is 2. The van der Waals surface area contributed by atoms with Gasteiger partial charge in [0.25, 0.3) is 0 Å². The highest BCUT2D eigenvalue weighted by molar-refractivity contribution is 8.00. The van der Waals surface area contributed by atoms with Crippen LogP contribution in [0.25, 0.3) is 0 Å². The molecule has 17 heavy (non-hydrogen) atoms. The predicted octanol–water partition coefficient (Wildman–Crippen LogP) is 2.88. The lowest BCUT2D eigenvalue weighted by Gasteiger charge is -2.30. The van der Waals surface area contributed by atoms with Crippen LogP contribution < -0.4 is 5.73 Å². The van der Waals surface area contributed by atoms with Crippen LogP contribution in [0.3, 0.4) is 0 Å². The number of nitrogens with two attached hydrogens (primary N) is 1. The molecule has 0 saturated heterocycles. The Hall–Kier alpha value is -0.220. The number of aliphatic carboxylic acids is 1. The molecule has 0 amide bonds. The van der Waals surface area contributed by atoms with E-state index in [1.807, 2.05) is 11.8 Å². The monoisotopic (exact) mass is 259 g/mol. The van der Waals surface area contributed by atoms with E-state index in [4.69, 9.17) is 10.8 Å². The molecule has 0 spiro atoms. The van der Waals surface area contributed by atoms with E-state index in [0.29, 0.717) is 16.9 Å². The fourth-order valence-corrected chi connectivity index (χ4v) is 4.41. The van der Waals surface area contributed by atoms with Gasteiger partial charge >= 0.3 is 5.97 Å². The quantitative estimate of drug-likeness (QED) is 0.797. The molecule has 4 heteroatoms. The molecule has 1 saturated carbocycles. The maximum absolute atomic E-state index is 11.0. The minimum absolute atomic E-state index is 0.316. The number of carboxylic acid groups (broad SMARTS) is 1. The topological polar surface area (TPSA) is 63.3 Å². The smallest absolute Gasteiger partial charge is 0.323 e. The fraction of sp³-hybridized carbons (Fsp3) is 0.923. The maximum Gasteiger partial charge on any atom is 0.323 e. The molecule has 0 aromatic heterocycles. The van der Waals surface area contributed by atoms with Crippen LogP contribution in [0, 0.1) is 5.92 Å². The lowest BCUT2D eigenvalue weighted by molar-refractivity contribution is -0.142. The van der Waals surface area contributed by atoms with Crippen LogP contribution in [0.5, 0.6) is 0 Å². The second kappa shape index (κ2) is 6.10. The van der Waals surface area contributed by atoms with Crippen LogP contribution in [0.1, 0.15) is 52.9 Å². The Morgan fingerprint density at radius 1 is 1.59 bits per heavy atom. The molecule has 1 aliphatic carbocycles. The van der Waals surface area contributed by atoms with Crippen molar-refractivity contribution in [2.45, 2.75) is 68.9 Å². The molecular weight excluding hydrogens is 234 g/mol. The lowest BCUT2D eigenvalue weighted by Crippen LogP contribution is -2.46. The third-order valence-electron chi connectivity index (χ3n) is 3.51. The SMILES string of the molecule is CC1CCCC(SC(C)CC(C)(N)C(=O)O)C1. The highest BCUT2D eigenvalue weighted by Gasteiger charge is 2.31. The average molecular weight is 259 g/mol. The minimum atomic E-state index is -1.09. The van der Waals surface area contributed by atoms with E-state index in [2.05, 4.69) is 13.8 Å². The van der Waals surface area contributed by atoms with E-state index < -0.39 is 11.5 Å². The molecule has 3 N–H and O–H groups in total. The Balaban J connectivity index is 2.38. The van der Waals surface area contributed by atoms with Crippen LogP contribution in [-0.4, -0.2) is 27.1 Å². The zero-order chi connectivity index (χ0) is 13.1. The van der Waals surface area contributed by atoms with E-state index >= 15 is 0 Å². The van der Waals surface area contributed by atoms with Crippen molar-refractivity contribution < 1.29 is 9.90 Å². The molecule has 1 fully saturated rings. The van der Waals surface area contributed by atoms with Crippen molar-refractivity contribution in [3.8, 4) is 0 Å². The van der Waals surface area contributed by atoms with E-state index in [-0.39, 0.29) is 0 Å². The number of hydrogen-bond acceptors (Lipinski definition) is 3. The van der Waals surface area contributed by atoms with Crippen molar-refractivity contribution >= 4 is 17.7 Å². The van der Waals surface area contributed by atoms with Crippen molar-refractivity contribution in [1.82, 2.24) is 0 Å². The lowest BCUT2D eigenvalue weighted by atomic mass is 9.90. The van der Waals surface area contributed by atoms with Crippen molar-refractivity contribution in [3.63, 3.8) is 0 Å². The number of carboxylic acids is 1. The second-order valence-electron chi connectivity index (χ2n) is 5.77. The Morgan fingerprint density at radius 3 is 2.76 bits per heavy atom. The Kier molecular flexibility index (Phi) is 5.32. The van der Waals surface area contributed by atoms with E-state index in [0.717, 1.165) is 5.92 Å². The predicted molar refractivity (Wildman–Crippen MR) is 73.3 cm³/mol. The van der Waals surface area contributed by atoms with Crippen molar-refractivity contribution in [1.29, 1.82) is 0 Å². The summed E-state index contributed by atoms with van der Waals surface area (Å²) in [6.07, 6.45) is 5.73. The Bertz CT molecular complexity index is 268. The number of rotatable bonds is 5. The van der Waals surface area contributed by atoms with Crippen molar-refractivity contribution in [2.24, 2.45) is 11.7 Å². The maximum atomic E-state index is 11.0. The van der Waals surface area contributed by atoms with Crippen molar-refractivity contribution in [2.75, 3.05) is 0 Å². The van der Waals surface area contributed by atoms with Crippen LogP contribution in [0.15, 0.2) is 0 Å². The van der Waals surface area contributed by atoms with Gasteiger partial charge in [0.15, 0.2) is 0 Å². The van der Waals surface area contributed by atoms with Gasteiger partial charge < -0.3 is 10.8 Å². The molecule has 1 aliphatic rings. The summed E-state index contributed by atoms with van der Waals surface area (Å²) in [5, 5.41) is 10.0. The average Bonchev–Trinajstić information content (AvgIpc) is 2.15. The number of carbonyl (C=O) groups is 1. The summed E-state index contributed by atoms with van der Waals surface area (Å²) in [4.78, 5) is 11.0. The van der Waals surface area contributed by atoms with Crippen LogP contribution in [-0.2, 0) is 4.79 Å². The van der Waals surface area contributed by atoms with Gasteiger partial charge in [-0.2, -0.15) is 11.8 Å². The summed E-state index contributed by atoms with van der Waals surface area (Å²) < 4.78 is 0. The summed E-state index contributed by atoms with van der Waals surface area (Å²) in [6.45, 7) is 6.01. The minimum Gasteiger partial charge on any atom is -0.480 e. The highest BCUT2D eigenvalue weighted by Crippen LogP contribution is 2.35. The highest BCUT2D eigenvalue weighted by atomic mass is 32.2. The molecule has 0 aromatic carbocycles. The molecular formula is C13H25NO2S. The van der Waals surface area contributed by atoms with Gasteiger partial charge in [-0.05, 0) is 32.1 Å². The third-order valence-corrected chi connectivity index (χ3v) is 4.96. The van der Waals surface area contributed by atoms with Crippen LogP contribution in [0.2, 0.25) is 0 Å². The first-order valence-electron chi connectivity index (χ1n) is 6.49. The third kappa shape index (κ3) is 4.88. The van der Waals surface area contributed by atoms with E-state index in [1.165, 1.54) is 25.7 Å². The van der Waals surface area contributed by atoms with Gasteiger partial charge in [-0.15, -0.1) is 0 Å². The van der Waals surface area contributed by atoms with Crippen molar-refractivity contribution in [3.05, 3.63) is 0 Å². The van der Waals surface area contributed by atoms with Gasteiger partial charge in [0.1, 0.15) is 5.54 Å². The molecule has 1 rings (SSSR count). The zero-order valence-electron chi connectivity index (χ0n) is 11.1. The Morgan fingerprint density at radius 2 is 2.24 bits per heavy atom. The van der Waals surface area contributed by atoms with Gasteiger partial charge in [0.05, 0.1) is 0 Å². The van der Waals surface area contributed by atoms with E-state index in [1.54, 1.807) is 6.92 Å². The van der Waals surface area contributed by atoms with Gasteiger partial charge in [-0.1, -0.05) is 26.7 Å². The first-order chi connectivity index (χ1) is 7.81. The summed E-state index contributed by atoms with van der Waals surface area (Å²) in [5.74, 6) is -0.0841. The molecule has 3 nitrogen and oxygen atoms in total. The summed E-state index contributed by atoms with van der Waals surface area (Å²) in [6, 6.07) is 0. The molecule has 4 atom stereocenters. The largest absolute Gasteiger partial charge is 0.480 e. The van der Waals surface area contributed by atoms with Crippen LogP contribution in [0.4, 0.5) is 0 Å². The Labute approximate surface area is 109 Å². The molecule has 0 heterocycles. The van der Waals surface area contributed by atoms with Gasteiger partial charge in [0, 0.05) is 10.5 Å². The molecule has 4 unspecified atom stereocenters. The molecule has 0 bridgehead atoms. The molecule has 100 valence electrons. The number of thioether (sulfide) groups is 1. The summed E-state index contributed by atoms with van der Waals surface area (Å²) in [5.41, 5.74) is 4.69. The van der Waals surface area contributed by atoms with Crippen LogP contribution >= 0.6 is 11.8 Å². The normalized spacial score (nSPS) is 30.6. The molecule has 0 aliphatic heterocycles. The molecule has 0 radical (unpaired) electrons.